The summed E-state index contributed by atoms with van der Waals surface area (Å²) in [5, 5.41) is 5.10. The number of piperidine rings is 1. The first kappa shape index (κ1) is 14.4. The molecule has 3 heterocycles. The van der Waals surface area contributed by atoms with Crippen molar-refractivity contribution in [3.63, 3.8) is 0 Å². The molecule has 2 aromatic rings. The van der Waals surface area contributed by atoms with Crippen LogP contribution in [0.1, 0.15) is 28.3 Å². The Balaban J connectivity index is 1.39. The van der Waals surface area contributed by atoms with Gasteiger partial charge in [0.2, 0.25) is 0 Å². The number of hydrogen-bond donors (Lipinski definition) is 1. The van der Waals surface area contributed by atoms with Gasteiger partial charge in [0.1, 0.15) is 0 Å². The number of hydrogen-bond acceptors (Lipinski definition) is 4. The number of amides is 1. The molecule has 1 saturated heterocycles. The zero-order valence-electron chi connectivity index (χ0n) is 12.0. The van der Waals surface area contributed by atoms with Gasteiger partial charge in [-0.2, -0.15) is 0 Å². The lowest BCUT2D eigenvalue weighted by Gasteiger charge is -2.31. The molecule has 112 valence electrons. The molecule has 3 rings (SSSR count). The molecule has 2 aromatic heterocycles. The van der Waals surface area contributed by atoms with Crippen molar-refractivity contribution < 1.29 is 9.21 Å². The maximum absolute atomic E-state index is 11.8. The van der Waals surface area contributed by atoms with Crippen LogP contribution in [0.4, 0.5) is 0 Å². The van der Waals surface area contributed by atoms with E-state index in [1.807, 2.05) is 11.3 Å². The summed E-state index contributed by atoms with van der Waals surface area (Å²) < 4.78 is 5.09. The van der Waals surface area contributed by atoms with E-state index in [4.69, 9.17) is 4.42 Å². The van der Waals surface area contributed by atoms with Crippen LogP contribution in [0.2, 0.25) is 0 Å². The average Bonchev–Trinajstić information content (AvgIpc) is 3.19. The van der Waals surface area contributed by atoms with Crippen LogP contribution >= 0.6 is 11.3 Å². The van der Waals surface area contributed by atoms with E-state index in [1.54, 1.807) is 12.1 Å². The van der Waals surface area contributed by atoms with Gasteiger partial charge in [0, 0.05) is 18.0 Å². The van der Waals surface area contributed by atoms with Crippen LogP contribution in [-0.2, 0) is 6.54 Å². The number of nitrogens with one attached hydrogen (secondary N) is 1. The zero-order chi connectivity index (χ0) is 14.5. The summed E-state index contributed by atoms with van der Waals surface area (Å²) in [5.74, 6) is 0.856. The Morgan fingerprint density at radius 2 is 2.19 bits per heavy atom. The van der Waals surface area contributed by atoms with Gasteiger partial charge in [-0.1, -0.05) is 6.07 Å². The van der Waals surface area contributed by atoms with E-state index in [0.29, 0.717) is 11.7 Å². The van der Waals surface area contributed by atoms with Crippen molar-refractivity contribution in [2.75, 3.05) is 19.6 Å². The van der Waals surface area contributed by atoms with E-state index in [1.165, 1.54) is 11.1 Å². The third-order valence-corrected chi connectivity index (χ3v) is 4.82. The van der Waals surface area contributed by atoms with Crippen molar-refractivity contribution in [3.8, 4) is 0 Å². The van der Waals surface area contributed by atoms with Crippen molar-refractivity contribution >= 4 is 17.2 Å². The Morgan fingerprint density at radius 1 is 1.33 bits per heavy atom. The molecular weight excluding hydrogens is 284 g/mol. The number of likely N-dealkylation sites (tertiary alicyclic amines) is 1. The highest BCUT2D eigenvalue weighted by Crippen LogP contribution is 2.20. The summed E-state index contributed by atoms with van der Waals surface area (Å²) in [6, 6.07) is 7.73. The minimum absolute atomic E-state index is 0.110. The summed E-state index contributed by atoms with van der Waals surface area (Å²) in [5.41, 5.74) is 0. The van der Waals surface area contributed by atoms with Crippen molar-refractivity contribution in [2.24, 2.45) is 5.92 Å². The van der Waals surface area contributed by atoms with Crippen LogP contribution in [0.3, 0.4) is 0 Å². The Kier molecular flexibility index (Phi) is 4.72. The molecule has 0 aliphatic carbocycles. The van der Waals surface area contributed by atoms with Crippen molar-refractivity contribution in [3.05, 3.63) is 46.5 Å². The van der Waals surface area contributed by atoms with E-state index in [0.717, 1.165) is 39.0 Å². The second kappa shape index (κ2) is 6.91. The van der Waals surface area contributed by atoms with Gasteiger partial charge in [0.15, 0.2) is 5.76 Å². The van der Waals surface area contributed by atoms with Gasteiger partial charge in [0.25, 0.3) is 5.91 Å². The average molecular weight is 304 g/mol. The van der Waals surface area contributed by atoms with Gasteiger partial charge >= 0.3 is 0 Å². The first-order valence-electron chi connectivity index (χ1n) is 7.37. The fraction of sp³-hybridized carbons (Fsp3) is 0.438. The lowest BCUT2D eigenvalue weighted by molar-refractivity contribution is 0.0908. The fourth-order valence-corrected chi connectivity index (χ4v) is 3.45. The van der Waals surface area contributed by atoms with E-state index in [2.05, 4.69) is 27.7 Å². The van der Waals surface area contributed by atoms with Gasteiger partial charge in [-0.25, -0.2) is 0 Å². The Hall–Kier alpha value is -1.59. The Labute approximate surface area is 128 Å². The van der Waals surface area contributed by atoms with Crippen LogP contribution in [0.5, 0.6) is 0 Å². The number of carbonyl (C=O) groups is 1. The maximum atomic E-state index is 11.8. The van der Waals surface area contributed by atoms with Gasteiger partial charge in [-0.15, -0.1) is 11.3 Å². The first-order chi connectivity index (χ1) is 10.3. The van der Waals surface area contributed by atoms with Crippen LogP contribution in [-0.4, -0.2) is 30.4 Å². The third kappa shape index (κ3) is 3.95. The Morgan fingerprint density at radius 3 is 2.86 bits per heavy atom. The minimum Gasteiger partial charge on any atom is -0.459 e. The van der Waals surface area contributed by atoms with Crippen LogP contribution in [0.25, 0.3) is 0 Å². The highest BCUT2D eigenvalue weighted by atomic mass is 32.1. The monoisotopic (exact) mass is 304 g/mol. The molecule has 0 unspecified atom stereocenters. The number of rotatable bonds is 5. The highest BCUT2D eigenvalue weighted by molar-refractivity contribution is 7.09. The smallest absolute Gasteiger partial charge is 0.286 e. The molecule has 1 fully saturated rings. The minimum atomic E-state index is -0.110. The van der Waals surface area contributed by atoms with Gasteiger partial charge < -0.3 is 9.73 Å². The van der Waals surface area contributed by atoms with Crippen molar-refractivity contribution in [1.82, 2.24) is 10.2 Å². The molecule has 1 aliphatic heterocycles. The number of nitrogens with zero attached hydrogens (tertiary/aromatic N) is 1. The molecule has 1 N–H and O–H groups in total. The molecule has 0 aromatic carbocycles. The SMILES string of the molecule is O=C(NCC1CCN(Cc2cccs2)CC1)c1ccco1. The lowest BCUT2D eigenvalue weighted by atomic mass is 9.96. The molecule has 0 spiro atoms. The maximum Gasteiger partial charge on any atom is 0.286 e. The van der Waals surface area contributed by atoms with Gasteiger partial charge in [-0.3, -0.25) is 9.69 Å². The Bertz CT molecular complexity index is 543. The van der Waals surface area contributed by atoms with Crippen molar-refractivity contribution in [2.45, 2.75) is 19.4 Å². The largest absolute Gasteiger partial charge is 0.459 e. The van der Waals surface area contributed by atoms with Crippen LogP contribution in [0, 0.1) is 5.92 Å². The number of thiophene rings is 1. The number of furan rings is 1. The topological polar surface area (TPSA) is 45.5 Å². The molecule has 1 amide bonds. The second-order valence-electron chi connectivity index (χ2n) is 5.49. The normalized spacial score (nSPS) is 17.0. The summed E-state index contributed by atoms with van der Waals surface area (Å²) in [6.45, 7) is 4.02. The molecular formula is C16H20N2O2S. The van der Waals surface area contributed by atoms with E-state index in [9.17, 15) is 4.79 Å². The molecule has 0 atom stereocenters. The predicted molar refractivity (Wildman–Crippen MR) is 83.4 cm³/mol. The predicted octanol–water partition coefficient (Wildman–Crippen LogP) is 2.98. The quantitative estimate of drug-likeness (QED) is 0.923. The second-order valence-corrected chi connectivity index (χ2v) is 6.52. The summed E-state index contributed by atoms with van der Waals surface area (Å²) in [7, 11) is 0. The summed E-state index contributed by atoms with van der Waals surface area (Å²) in [4.78, 5) is 15.7. The number of carbonyl (C=O) groups excluding carboxylic acids is 1. The first-order valence-corrected chi connectivity index (χ1v) is 8.25. The third-order valence-electron chi connectivity index (χ3n) is 3.96. The standard InChI is InChI=1S/C16H20N2O2S/c19-16(15-4-1-9-20-15)17-11-13-5-7-18(8-6-13)12-14-3-2-10-21-14/h1-4,9-10,13H,5-8,11-12H2,(H,17,19). The van der Waals surface area contributed by atoms with Crippen LogP contribution < -0.4 is 5.32 Å². The molecule has 0 radical (unpaired) electrons. The highest BCUT2D eigenvalue weighted by Gasteiger charge is 2.20. The summed E-state index contributed by atoms with van der Waals surface area (Å²) >= 11 is 1.82. The van der Waals surface area contributed by atoms with Gasteiger partial charge in [-0.05, 0) is 55.4 Å². The van der Waals surface area contributed by atoms with Crippen LogP contribution in [0.15, 0.2) is 40.3 Å². The molecule has 0 saturated carbocycles. The lowest BCUT2D eigenvalue weighted by Crippen LogP contribution is -2.38. The molecule has 5 heteroatoms. The fourth-order valence-electron chi connectivity index (χ4n) is 2.70. The van der Waals surface area contributed by atoms with Crippen molar-refractivity contribution in [1.29, 1.82) is 0 Å². The van der Waals surface area contributed by atoms with E-state index >= 15 is 0 Å². The molecule has 0 bridgehead atoms. The molecule has 4 nitrogen and oxygen atoms in total. The van der Waals surface area contributed by atoms with Gasteiger partial charge in [0.05, 0.1) is 6.26 Å². The molecule has 1 aliphatic rings. The molecule has 21 heavy (non-hydrogen) atoms. The van der Waals surface area contributed by atoms with E-state index < -0.39 is 0 Å². The summed E-state index contributed by atoms with van der Waals surface area (Å²) in [6.07, 6.45) is 3.81. The van der Waals surface area contributed by atoms with E-state index in [-0.39, 0.29) is 5.91 Å². The zero-order valence-corrected chi connectivity index (χ0v) is 12.8.